The second-order valence-electron chi connectivity index (χ2n) is 15.0. The molecule has 4 aliphatic rings. The molecule has 0 saturated carbocycles. The number of nitrogens with zero attached hydrogens (tertiary/aromatic N) is 1. The molecule has 4 unspecified atom stereocenters. The second kappa shape index (κ2) is 15.7. The van der Waals surface area contributed by atoms with Crippen LogP contribution in [0.2, 0.25) is 0 Å². The summed E-state index contributed by atoms with van der Waals surface area (Å²) in [6, 6.07) is 37.6. The van der Waals surface area contributed by atoms with Gasteiger partial charge in [-0.05, 0) is 74.6 Å². The highest BCUT2D eigenvalue weighted by Crippen LogP contribution is 2.53. The predicted molar refractivity (Wildman–Crippen MR) is 240 cm³/mol. The molecule has 4 aliphatic carbocycles. The average Bonchev–Trinajstić information content (AvgIpc) is 3.59. The van der Waals surface area contributed by atoms with Crippen molar-refractivity contribution >= 4 is 17.7 Å². The van der Waals surface area contributed by atoms with Crippen LogP contribution in [0.25, 0.3) is 17.7 Å². The van der Waals surface area contributed by atoms with Crippen LogP contribution in [0.4, 0.5) is 0 Å². The zero-order valence-electron chi connectivity index (χ0n) is 32.1. The van der Waals surface area contributed by atoms with Crippen LogP contribution >= 0.6 is 0 Å². The van der Waals surface area contributed by atoms with Crippen molar-refractivity contribution in [1.82, 2.24) is 4.90 Å². The van der Waals surface area contributed by atoms with E-state index in [0.717, 1.165) is 29.7 Å². The third-order valence-corrected chi connectivity index (χ3v) is 12.1. The average molecular weight is 724 g/mol. The number of rotatable bonds is 13. The fraction of sp³-hybridized carbons (Fsp3) is 0.127. The molecule has 4 aromatic rings. The Labute approximate surface area is 333 Å². The summed E-state index contributed by atoms with van der Waals surface area (Å²) in [4.78, 5) is 2.47. The van der Waals surface area contributed by atoms with Gasteiger partial charge < -0.3 is 4.90 Å². The van der Waals surface area contributed by atoms with Gasteiger partial charge in [-0.15, -0.1) is 6.58 Å². The van der Waals surface area contributed by atoms with Crippen LogP contribution in [0.15, 0.2) is 231 Å². The first-order valence-corrected chi connectivity index (χ1v) is 19.7. The van der Waals surface area contributed by atoms with Gasteiger partial charge in [0.15, 0.2) is 0 Å². The van der Waals surface area contributed by atoms with Crippen LogP contribution in [0.5, 0.6) is 0 Å². The quantitative estimate of drug-likeness (QED) is 0.0981. The molecule has 0 saturated heterocycles. The minimum atomic E-state index is -0.482. The fourth-order valence-electron chi connectivity index (χ4n) is 9.47. The van der Waals surface area contributed by atoms with Gasteiger partial charge in [0.05, 0.1) is 17.5 Å². The van der Waals surface area contributed by atoms with Crippen LogP contribution in [0.3, 0.4) is 0 Å². The molecule has 0 aromatic heterocycles. The maximum atomic E-state index is 4.81. The molecule has 1 heteroatoms. The number of hydrogen-bond donors (Lipinski definition) is 0. The SMILES string of the molecule is C=CC(C=C)=C(C=C)C(=C)N(C1C=C(c2ccc3c(c2)C=CC2C=CC=CC32)C=CC1)C(C=C)CC1=Cc2ccccc2C1(c1ccccc1)c1ccccc1. The summed E-state index contributed by atoms with van der Waals surface area (Å²) in [5.74, 6) is 0.799. The van der Waals surface area contributed by atoms with Gasteiger partial charge in [-0.1, -0.05) is 208 Å². The van der Waals surface area contributed by atoms with Crippen molar-refractivity contribution in [1.29, 1.82) is 0 Å². The van der Waals surface area contributed by atoms with Crippen molar-refractivity contribution < 1.29 is 0 Å². The van der Waals surface area contributed by atoms with Crippen molar-refractivity contribution in [3.63, 3.8) is 0 Å². The molecule has 0 radical (unpaired) electrons. The van der Waals surface area contributed by atoms with Gasteiger partial charge in [0.1, 0.15) is 0 Å². The minimum Gasteiger partial charge on any atom is -0.358 e. The van der Waals surface area contributed by atoms with E-state index in [1.165, 1.54) is 50.1 Å². The van der Waals surface area contributed by atoms with Gasteiger partial charge in [0, 0.05) is 23.1 Å². The van der Waals surface area contributed by atoms with Gasteiger partial charge in [-0.25, -0.2) is 0 Å². The Hall–Kier alpha value is -6.44. The fourth-order valence-corrected chi connectivity index (χ4v) is 9.47. The standard InChI is InChI=1S/C55H49N/c1-6-40(7-2)51(9-4)39(5)56(50-28-20-23-42(37-50)43-33-34-53-44(35-43)32-31-41-21-16-18-29-52(41)53)49(8-3)38-48-36-45-22-17-19-30-54(45)55(48,46-24-12-10-13-25-46)47-26-14-11-15-27-47/h6-27,29-37,41,49-50,52H,1-5,28,38H2. The van der Waals surface area contributed by atoms with Crippen LogP contribution in [-0.2, 0) is 5.41 Å². The van der Waals surface area contributed by atoms with E-state index < -0.39 is 5.41 Å². The van der Waals surface area contributed by atoms with Crippen LogP contribution < -0.4 is 0 Å². The number of allylic oxidation sites excluding steroid dienone is 11. The normalized spacial score (nSPS) is 20.0. The lowest BCUT2D eigenvalue weighted by Crippen LogP contribution is -2.43. The Morgan fingerprint density at radius 2 is 1.45 bits per heavy atom. The van der Waals surface area contributed by atoms with Crippen molar-refractivity contribution in [3.8, 4) is 0 Å². The smallest absolute Gasteiger partial charge is 0.0671 e. The van der Waals surface area contributed by atoms with E-state index in [1.807, 2.05) is 18.2 Å². The van der Waals surface area contributed by atoms with Crippen LogP contribution in [0.1, 0.15) is 57.7 Å². The molecule has 0 spiro atoms. The minimum absolute atomic E-state index is 0.00840. The zero-order chi connectivity index (χ0) is 38.6. The van der Waals surface area contributed by atoms with E-state index in [0.29, 0.717) is 11.8 Å². The summed E-state index contributed by atoms with van der Waals surface area (Å²) in [5.41, 5.74) is 13.6. The molecule has 56 heavy (non-hydrogen) atoms. The zero-order valence-corrected chi connectivity index (χ0v) is 32.1. The molecule has 4 aromatic carbocycles. The third-order valence-electron chi connectivity index (χ3n) is 12.1. The first-order valence-electron chi connectivity index (χ1n) is 19.7. The number of fused-ring (bicyclic) bond motifs is 4. The molecule has 0 bridgehead atoms. The highest BCUT2D eigenvalue weighted by molar-refractivity contribution is 5.79. The summed E-state index contributed by atoms with van der Waals surface area (Å²) >= 11 is 0. The van der Waals surface area contributed by atoms with E-state index in [2.05, 4.69) is 201 Å². The summed E-state index contributed by atoms with van der Waals surface area (Å²) < 4.78 is 0. The van der Waals surface area contributed by atoms with Gasteiger partial charge in [-0.2, -0.15) is 0 Å². The van der Waals surface area contributed by atoms with Crippen molar-refractivity contribution in [2.75, 3.05) is 0 Å². The Bertz CT molecular complexity index is 2370. The van der Waals surface area contributed by atoms with Gasteiger partial charge in [0.2, 0.25) is 0 Å². The van der Waals surface area contributed by atoms with Gasteiger partial charge >= 0.3 is 0 Å². The van der Waals surface area contributed by atoms with Gasteiger partial charge in [0.25, 0.3) is 0 Å². The maximum Gasteiger partial charge on any atom is 0.0671 e. The van der Waals surface area contributed by atoms with Gasteiger partial charge in [-0.3, -0.25) is 0 Å². The lowest BCUT2D eigenvalue weighted by atomic mass is 9.65. The Balaban J connectivity index is 1.24. The molecule has 0 amide bonds. The first kappa shape index (κ1) is 36.5. The monoisotopic (exact) mass is 723 g/mol. The highest BCUT2D eigenvalue weighted by atomic mass is 15.2. The van der Waals surface area contributed by atoms with Crippen molar-refractivity contribution in [2.24, 2.45) is 5.92 Å². The Morgan fingerprint density at radius 3 is 2.14 bits per heavy atom. The Kier molecular flexibility index (Phi) is 10.3. The lowest BCUT2D eigenvalue weighted by Gasteiger charge is -2.43. The lowest BCUT2D eigenvalue weighted by molar-refractivity contribution is 0.249. The predicted octanol–water partition coefficient (Wildman–Crippen LogP) is 13.3. The summed E-state index contributed by atoms with van der Waals surface area (Å²) in [5, 5.41) is 0. The molecular formula is C55H49N. The summed E-state index contributed by atoms with van der Waals surface area (Å²) in [6.07, 6.45) is 32.2. The summed E-state index contributed by atoms with van der Waals surface area (Å²) in [6.45, 7) is 21.8. The molecule has 1 nitrogen and oxygen atoms in total. The van der Waals surface area contributed by atoms with E-state index in [4.69, 9.17) is 6.58 Å². The van der Waals surface area contributed by atoms with Crippen molar-refractivity contribution in [3.05, 3.63) is 270 Å². The van der Waals surface area contributed by atoms with E-state index in [1.54, 1.807) is 0 Å². The largest absolute Gasteiger partial charge is 0.358 e. The molecule has 4 atom stereocenters. The van der Waals surface area contributed by atoms with E-state index in [-0.39, 0.29) is 12.1 Å². The molecule has 0 aliphatic heterocycles. The topological polar surface area (TPSA) is 3.24 Å². The third kappa shape index (κ3) is 6.34. The number of benzene rings is 4. The van der Waals surface area contributed by atoms with Crippen LogP contribution in [0, 0.1) is 5.92 Å². The maximum absolute atomic E-state index is 4.81. The Morgan fingerprint density at radius 1 is 0.750 bits per heavy atom. The molecular weight excluding hydrogens is 675 g/mol. The van der Waals surface area contributed by atoms with Crippen LogP contribution in [-0.4, -0.2) is 17.0 Å². The molecule has 274 valence electrons. The first-order chi connectivity index (χ1) is 27.5. The number of hydrogen-bond acceptors (Lipinski definition) is 1. The molecule has 0 N–H and O–H groups in total. The van der Waals surface area contributed by atoms with E-state index >= 15 is 0 Å². The van der Waals surface area contributed by atoms with Crippen molar-refractivity contribution in [2.45, 2.75) is 36.3 Å². The highest BCUT2D eigenvalue weighted by Gasteiger charge is 2.45. The van der Waals surface area contributed by atoms with E-state index in [9.17, 15) is 0 Å². The second-order valence-corrected chi connectivity index (χ2v) is 15.0. The molecule has 8 rings (SSSR count). The molecule has 0 fully saturated rings. The molecule has 0 heterocycles. The summed E-state index contributed by atoms with van der Waals surface area (Å²) in [7, 11) is 0.